The molecule has 2 amide bonds. The number of nitrogens with zero attached hydrogens (tertiary/aromatic N) is 2. The van der Waals surface area contributed by atoms with Crippen LogP contribution in [-0.4, -0.2) is 55.6 Å². The van der Waals surface area contributed by atoms with Crippen LogP contribution >= 0.6 is 0 Å². The average molecular weight is 255 g/mol. The van der Waals surface area contributed by atoms with E-state index in [1.54, 1.807) is 4.90 Å². The van der Waals surface area contributed by atoms with Gasteiger partial charge in [0.1, 0.15) is 0 Å². The molecule has 1 fully saturated rings. The Morgan fingerprint density at radius 1 is 1.22 bits per heavy atom. The van der Waals surface area contributed by atoms with Crippen molar-refractivity contribution in [3.8, 4) is 0 Å². The average Bonchev–Trinajstić information content (AvgIpc) is 2.89. The minimum Gasteiger partial charge on any atom is -0.337 e. The summed E-state index contributed by atoms with van der Waals surface area (Å²) < 4.78 is 0. The molecule has 0 bridgehead atoms. The van der Waals surface area contributed by atoms with Crippen molar-refractivity contribution in [3.05, 3.63) is 0 Å². The number of hydrogen-bond donors (Lipinski definition) is 1. The van der Waals surface area contributed by atoms with E-state index in [9.17, 15) is 4.79 Å². The van der Waals surface area contributed by atoms with E-state index >= 15 is 0 Å². The fraction of sp³-hybridized carbons (Fsp3) is 0.929. The highest BCUT2D eigenvalue weighted by Gasteiger charge is 2.19. The molecule has 0 aromatic rings. The molecular formula is C14H29N3O. The van der Waals surface area contributed by atoms with E-state index in [2.05, 4.69) is 24.2 Å². The minimum absolute atomic E-state index is 0.0586. The second kappa shape index (κ2) is 8.35. The summed E-state index contributed by atoms with van der Waals surface area (Å²) in [6, 6.07) is 0.794. The van der Waals surface area contributed by atoms with Crippen LogP contribution in [0.15, 0.2) is 0 Å². The third kappa shape index (κ3) is 5.25. The first-order valence-corrected chi connectivity index (χ1v) is 7.34. The molecule has 1 N–H and O–H groups in total. The van der Waals surface area contributed by atoms with Crippen LogP contribution in [0.4, 0.5) is 4.79 Å². The summed E-state index contributed by atoms with van der Waals surface area (Å²) >= 11 is 0. The molecule has 0 atom stereocenters. The topological polar surface area (TPSA) is 35.6 Å². The van der Waals surface area contributed by atoms with Gasteiger partial charge in [-0.3, -0.25) is 0 Å². The Balaban J connectivity index is 2.10. The molecule has 1 rings (SSSR count). The van der Waals surface area contributed by atoms with Crippen molar-refractivity contribution in [3.63, 3.8) is 0 Å². The number of amides is 2. The Hall–Kier alpha value is -0.770. The highest BCUT2D eigenvalue weighted by molar-refractivity contribution is 5.73. The highest BCUT2D eigenvalue weighted by Crippen LogP contribution is 2.21. The molecule has 4 nitrogen and oxygen atoms in total. The SMILES string of the molecule is CCCCN(C)C(=O)NCCN(C)C1CCCC1. The van der Waals surface area contributed by atoms with Gasteiger partial charge in [0.05, 0.1) is 0 Å². The van der Waals surface area contributed by atoms with Gasteiger partial charge in [0, 0.05) is 32.7 Å². The Morgan fingerprint density at radius 2 is 1.89 bits per heavy atom. The molecule has 0 aromatic carbocycles. The van der Waals surface area contributed by atoms with Gasteiger partial charge in [0.15, 0.2) is 0 Å². The van der Waals surface area contributed by atoms with Gasteiger partial charge in [0.2, 0.25) is 0 Å². The fourth-order valence-corrected chi connectivity index (χ4v) is 2.50. The number of rotatable bonds is 7. The van der Waals surface area contributed by atoms with E-state index in [-0.39, 0.29) is 6.03 Å². The quantitative estimate of drug-likeness (QED) is 0.757. The number of likely N-dealkylation sites (N-methyl/N-ethyl adjacent to an activating group) is 1. The standard InChI is InChI=1S/C14H29N3O/c1-4-5-11-17(3)14(18)15-10-12-16(2)13-8-6-7-9-13/h13H,4-12H2,1-3H3,(H,15,18). The predicted molar refractivity (Wildman–Crippen MR) is 75.8 cm³/mol. The number of unbranched alkanes of at least 4 members (excludes halogenated alkanes) is 1. The molecule has 0 aromatic heterocycles. The number of nitrogens with one attached hydrogen (secondary N) is 1. The third-order valence-electron chi connectivity index (χ3n) is 3.88. The molecule has 4 heteroatoms. The summed E-state index contributed by atoms with van der Waals surface area (Å²) in [5, 5.41) is 2.99. The van der Waals surface area contributed by atoms with Gasteiger partial charge in [-0.15, -0.1) is 0 Å². The van der Waals surface area contributed by atoms with E-state index in [4.69, 9.17) is 0 Å². The summed E-state index contributed by atoms with van der Waals surface area (Å²) in [7, 11) is 4.04. The normalized spacial score (nSPS) is 16.2. The second-order valence-electron chi connectivity index (χ2n) is 5.43. The molecule has 0 heterocycles. The number of hydrogen-bond acceptors (Lipinski definition) is 2. The second-order valence-corrected chi connectivity index (χ2v) is 5.43. The lowest BCUT2D eigenvalue weighted by Crippen LogP contribution is -2.42. The number of carbonyl (C=O) groups excluding carboxylic acids is 1. The maximum atomic E-state index is 11.7. The Morgan fingerprint density at radius 3 is 2.50 bits per heavy atom. The summed E-state index contributed by atoms with van der Waals surface area (Å²) in [5.41, 5.74) is 0. The van der Waals surface area contributed by atoms with Crippen molar-refractivity contribution in [1.29, 1.82) is 0 Å². The molecule has 0 spiro atoms. The van der Waals surface area contributed by atoms with E-state index in [1.807, 2.05) is 7.05 Å². The van der Waals surface area contributed by atoms with Gasteiger partial charge in [-0.1, -0.05) is 26.2 Å². The van der Waals surface area contributed by atoms with Crippen LogP contribution < -0.4 is 5.32 Å². The van der Waals surface area contributed by atoms with Crippen molar-refractivity contribution in [2.24, 2.45) is 0 Å². The number of carbonyl (C=O) groups is 1. The van der Waals surface area contributed by atoms with Gasteiger partial charge < -0.3 is 15.1 Å². The molecule has 1 aliphatic carbocycles. The highest BCUT2D eigenvalue weighted by atomic mass is 16.2. The largest absolute Gasteiger partial charge is 0.337 e. The zero-order chi connectivity index (χ0) is 13.4. The van der Waals surface area contributed by atoms with Crippen LogP contribution in [0.5, 0.6) is 0 Å². The van der Waals surface area contributed by atoms with Crippen molar-refractivity contribution in [2.45, 2.75) is 51.5 Å². The molecule has 0 saturated heterocycles. The molecule has 0 radical (unpaired) electrons. The first-order chi connectivity index (χ1) is 8.65. The zero-order valence-electron chi connectivity index (χ0n) is 12.2. The van der Waals surface area contributed by atoms with Crippen molar-refractivity contribution < 1.29 is 4.79 Å². The van der Waals surface area contributed by atoms with Crippen LogP contribution in [0, 0.1) is 0 Å². The van der Waals surface area contributed by atoms with Gasteiger partial charge in [-0.05, 0) is 26.3 Å². The Bertz CT molecular complexity index is 239. The van der Waals surface area contributed by atoms with Gasteiger partial charge in [0.25, 0.3) is 0 Å². The van der Waals surface area contributed by atoms with Crippen LogP contribution in [0.1, 0.15) is 45.4 Å². The van der Waals surface area contributed by atoms with Crippen LogP contribution in [-0.2, 0) is 0 Å². The molecule has 18 heavy (non-hydrogen) atoms. The molecule has 1 saturated carbocycles. The van der Waals surface area contributed by atoms with Crippen molar-refractivity contribution in [1.82, 2.24) is 15.1 Å². The third-order valence-corrected chi connectivity index (χ3v) is 3.88. The van der Waals surface area contributed by atoms with Crippen LogP contribution in [0.2, 0.25) is 0 Å². The smallest absolute Gasteiger partial charge is 0.317 e. The predicted octanol–water partition coefficient (Wildman–Crippen LogP) is 2.30. The minimum atomic E-state index is 0.0586. The van der Waals surface area contributed by atoms with E-state index < -0.39 is 0 Å². The summed E-state index contributed by atoms with van der Waals surface area (Å²) in [6.07, 6.45) is 7.57. The van der Waals surface area contributed by atoms with Crippen LogP contribution in [0.3, 0.4) is 0 Å². The zero-order valence-corrected chi connectivity index (χ0v) is 12.2. The lowest BCUT2D eigenvalue weighted by molar-refractivity contribution is 0.202. The summed E-state index contributed by atoms with van der Waals surface area (Å²) in [6.45, 7) is 4.70. The lowest BCUT2D eigenvalue weighted by atomic mass is 10.2. The maximum Gasteiger partial charge on any atom is 0.317 e. The van der Waals surface area contributed by atoms with Gasteiger partial charge >= 0.3 is 6.03 Å². The summed E-state index contributed by atoms with van der Waals surface area (Å²) in [5.74, 6) is 0. The maximum absolute atomic E-state index is 11.7. The van der Waals surface area contributed by atoms with Gasteiger partial charge in [-0.25, -0.2) is 4.79 Å². The molecule has 0 aliphatic heterocycles. The monoisotopic (exact) mass is 255 g/mol. The number of urea groups is 1. The first-order valence-electron chi connectivity index (χ1n) is 7.34. The van der Waals surface area contributed by atoms with E-state index in [0.717, 1.165) is 38.5 Å². The molecular weight excluding hydrogens is 226 g/mol. The molecule has 1 aliphatic rings. The van der Waals surface area contributed by atoms with E-state index in [0.29, 0.717) is 0 Å². The fourth-order valence-electron chi connectivity index (χ4n) is 2.50. The Labute approximate surface area is 112 Å². The Kier molecular flexibility index (Phi) is 7.09. The molecule has 106 valence electrons. The molecule has 0 unspecified atom stereocenters. The first kappa shape index (κ1) is 15.3. The van der Waals surface area contributed by atoms with Crippen molar-refractivity contribution in [2.75, 3.05) is 33.7 Å². The summed E-state index contributed by atoms with van der Waals surface area (Å²) in [4.78, 5) is 15.9. The lowest BCUT2D eigenvalue weighted by Gasteiger charge is -2.24. The van der Waals surface area contributed by atoms with Gasteiger partial charge in [-0.2, -0.15) is 0 Å². The van der Waals surface area contributed by atoms with Crippen LogP contribution in [0.25, 0.3) is 0 Å². The van der Waals surface area contributed by atoms with E-state index in [1.165, 1.54) is 25.7 Å². The van der Waals surface area contributed by atoms with Crippen molar-refractivity contribution >= 4 is 6.03 Å².